The molecule has 1 fully saturated rings. The van der Waals surface area contributed by atoms with Crippen LogP contribution in [0.5, 0.6) is 0 Å². The highest BCUT2D eigenvalue weighted by molar-refractivity contribution is 5.77. The van der Waals surface area contributed by atoms with E-state index in [0.717, 1.165) is 0 Å². The lowest BCUT2D eigenvalue weighted by atomic mass is 9.91. The van der Waals surface area contributed by atoms with E-state index in [1.165, 1.54) is 0 Å². The van der Waals surface area contributed by atoms with Gasteiger partial charge < -0.3 is 10.1 Å². The van der Waals surface area contributed by atoms with Crippen LogP contribution in [0, 0.1) is 17.2 Å². The van der Waals surface area contributed by atoms with Gasteiger partial charge in [-0.25, -0.2) is 0 Å². The van der Waals surface area contributed by atoms with Crippen molar-refractivity contribution in [2.24, 2.45) is 5.92 Å². The summed E-state index contributed by atoms with van der Waals surface area (Å²) in [4.78, 5) is 11.6. The monoisotopic (exact) mass is 210 g/mol. The van der Waals surface area contributed by atoms with Crippen LogP contribution in [-0.2, 0) is 9.53 Å². The first kappa shape index (κ1) is 12.0. The number of ether oxygens (including phenoxy) is 1. The zero-order chi connectivity index (χ0) is 11.3. The summed E-state index contributed by atoms with van der Waals surface area (Å²) in [6.07, 6.45) is 1.66. The quantitative estimate of drug-likeness (QED) is 0.761. The summed E-state index contributed by atoms with van der Waals surface area (Å²) < 4.78 is 5.19. The van der Waals surface area contributed by atoms with Crippen LogP contribution in [0.15, 0.2) is 0 Å². The van der Waals surface area contributed by atoms with E-state index in [0.29, 0.717) is 38.4 Å². The van der Waals surface area contributed by atoms with E-state index < -0.39 is 5.54 Å². The number of nitrogens with one attached hydrogen (secondary N) is 1. The maximum Gasteiger partial charge on any atom is 0.221 e. The van der Waals surface area contributed by atoms with Crippen molar-refractivity contribution in [3.05, 3.63) is 0 Å². The Hall–Kier alpha value is -1.08. The topological polar surface area (TPSA) is 62.1 Å². The minimum absolute atomic E-state index is 0.0338. The highest BCUT2D eigenvalue weighted by Crippen LogP contribution is 2.20. The van der Waals surface area contributed by atoms with Crippen LogP contribution in [-0.4, -0.2) is 24.7 Å². The Morgan fingerprint density at radius 3 is 2.60 bits per heavy atom. The van der Waals surface area contributed by atoms with Crippen LogP contribution < -0.4 is 5.32 Å². The van der Waals surface area contributed by atoms with Gasteiger partial charge in [-0.05, 0) is 5.92 Å². The SMILES string of the molecule is CC(C)CC(=O)NC1(C#N)CCOCC1. The van der Waals surface area contributed by atoms with Crippen LogP contribution in [0.4, 0.5) is 0 Å². The van der Waals surface area contributed by atoms with Crippen LogP contribution in [0.25, 0.3) is 0 Å². The summed E-state index contributed by atoms with van der Waals surface area (Å²) in [7, 11) is 0. The molecule has 0 aromatic rings. The standard InChI is InChI=1S/C11H18N2O2/c1-9(2)7-10(14)13-11(8-12)3-5-15-6-4-11/h9H,3-7H2,1-2H3,(H,13,14). The molecule has 0 bridgehead atoms. The molecule has 4 heteroatoms. The van der Waals surface area contributed by atoms with Crippen molar-refractivity contribution in [1.29, 1.82) is 5.26 Å². The molecule has 0 aromatic carbocycles. The number of rotatable bonds is 3. The molecule has 0 saturated carbocycles. The Bertz CT molecular complexity index is 262. The van der Waals surface area contributed by atoms with Crippen molar-refractivity contribution < 1.29 is 9.53 Å². The lowest BCUT2D eigenvalue weighted by Crippen LogP contribution is -2.51. The smallest absolute Gasteiger partial charge is 0.221 e. The van der Waals surface area contributed by atoms with Crippen molar-refractivity contribution in [3.8, 4) is 6.07 Å². The zero-order valence-electron chi connectivity index (χ0n) is 9.38. The van der Waals surface area contributed by atoms with E-state index in [-0.39, 0.29) is 5.91 Å². The van der Waals surface area contributed by atoms with Crippen LogP contribution >= 0.6 is 0 Å². The lowest BCUT2D eigenvalue weighted by molar-refractivity contribution is -0.124. The maximum absolute atomic E-state index is 11.6. The molecule has 1 aliphatic rings. The number of carbonyl (C=O) groups excluding carboxylic acids is 1. The highest BCUT2D eigenvalue weighted by atomic mass is 16.5. The summed E-state index contributed by atoms with van der Waals surface area (Å²) in [5, 5.41) is 11.9. The van der Waals surface area contributed by atoms with Gasteiger partial charge in [-0.1, -0.05) is 13.8 Å². The predicted octanol–water partition coefficient (Wildman–Crippen LogP) is 1.22. The average molecular weight is 210 g/mol. The molecule has 1 N–H and O–H groups in total. The fourth-order valence-electron chi connectivity index (χ4n) is 1.67. The first-order valence-electron chi connectivity index (χ1n) is 5.38. The second-order valence-electron chi connectivity index (χ2n) is 4.45. The maximum atomic E-state index is 11.6. The van der Waals surface area contributed by atoms with Gasteiger partial charge >= 0.3 is 0 Å². The average Bonchev–Trinajstić information content (AvgIpc) is 2.17. The Morgan fingerprint density at radius 2 is 2.13 bits per heavy atom. The predicted molar refractivity (Wildman–Crippen MR) is 56.0 cm³/mol. The second kappa shape index (κ2) is 5.13. The van der Waals surface area contributed by atoms with Crippen molar-refractivity contribution >= 4 is 5.91 Å². The normalized spacial score (nSPS) is 19.6. The molecule has 1 rings (SSSR count). The number of nitrogens with zero attached hydrogens (tertiary/aromatic N) is 1. The fraction of sp³-hybridized carbons (Fsp3) is 0.818. The molecule has 4 nitrogen and oxygen atoms in total. The zero-order valence-corrected chi connectivity index (χ0v) is 9.38. The van der Waals surface area contributed by atoms with Gasteiger partial charge in [-0.15, -0.1) is 0 Å². The molecule has 1 heterocycles. The third kappa shape index (κ3) is 3.52. The summed E-state index contributed by atoms with van der Waals surface area (Å²) in [5.74, 6) is 0.286. The third-order valence-corrected chi connectivity index (χ3v) is 2.53. The molecule has 0 unspecified atom stereocenters. The molecule has 1 aliphatic heterocycles. The molecule has 0 radical (unpaired) electrons. The summed E-state index contributed by atoms with van der Waals surface area (Å²) in [5.41, 5.74) is -0.690. The van der Waals surface area contributed by atoms with Crippen molar-refractivity contribution in [3.63, 3.8) is 0 Å². The Kier molecular flexibility index (Phi) is 4.10. The minimum Gasteiger partial charge on any atom is -0.381 e. The summed E-state index contributed by atoms with van der Waals surface area (Å²) in [6, 6.07) is 2.21. The Labute approximate surface area is 90.6 Å². The molecule has 0 spiro atoms. The molecule has 0 aromatic heterocycles. The number of carbonyl (C=O) groups is 1. The van der Waals surface area contributed by atoms with E-state index >= 15 is 0 Å². The van der Waals surface area contributed by atoms with Gasteiger partial charge in [0.15, 0.2) is 0 Å². The van der Waals surface area contributed by atoms with E-state index in [1.807, 2.05) is 13.8 Å². The van der Waals surface area contributed by atoms with E-state index in [9.17, 15) is 4.79 Å². The number of hydrogen-bond donors (Lipinski definition) is 1. The van der Waals surface area contributed by atoms with Gasteiger partial charge in [0.25, 0.3) is 0 Å². The number of nitriles is 1. The minimum atomic E-state index is -0.690. The lowest BCUT2D eigenvalue weighted by Gasteiger charge is -2.31. The fourth-order valence-corrected chi connectivity index (χ4v) is 1.67. The van der Waals surface area contributed by atoms with Gasteiger partial charge in [0, 0.05) is 32.5 Å². The molecular formula is C11H18N2O2. The molecular weight excluding hydrogens is 192 g/mol. The van der Waals surface area contributed by atoms with Gasteiger partial charge in [-0.2, -0.15) is 5.26 Å². The Balaban J connectivity index is 2.52. The molecule has 0 aliphatic carbocycles. The van der Waals surface area contributed by atoms with Crippen LogP contribution in [0.2, 0.25) is 0 Å². The van der Waals surface area contributed by atoms with Crippen LogP contribution in [0.3, 0.4) is 0 Å². The molecule has 84 valence electrons. The van der Waals surface area contributed by atoms with Gasteiger partial charge in [-0.3, -0.25) is 4.79 Å². The van der Waals surface area contributed by atoms with Crippen molar-refractivity contribution in [1.82, 2.24) is 5.32 Å². The summed E-state index contributed by atoms with van der Waals surface area (Å²) in [6.45, 7) is 5.08. The van der Waals surface area contributed by atoms with Crippen molar-refractivity contribution in [2.75, 3.05) is 13.2 Å². The van der Waals surface area contributed by atoms with E-state index in [2.05, 4.69) is 11.4 Å². The van der Waals surface area contributed by atoms with Gasteiger partial charge in [0.1, 0.15) is 5.54 Å². The van der Waals surface area contributed by atoms with E-state index in [4.69, 9.17) is 10.00 Å². The first-order valence-corrected chi connectivity index (χ1v) is 5.38. The number of amides is 1. The highest BCUT2D eigenvalue weighted by Gasteiger charge is 2.34. The van der Waals surface area contributed by atoms with E-state index in [1.54, 1.807) is 0 Å². The molecule has 1 amide bonds. The third-order valence-electron chi connectivity index (χ3n) is 2.53. The van der Waals surface area contributed by atoms with Gasteiger partial charge in [0.2, 0.25) is 5.91 Å². The summed E-state index contributed by atoms with van der Waals surface area (Å²) >= 11 is 0. The first-order chi connectivity index (χ1) is 7.08. The van der Waals surface area contributed by atoms with Crippen molar-refractivity contribution in [2.45, 2.75) is 38.6 Å². The number of hydrogen-bond acceptors (Lipinski definition) is 3. The second-order valence-corrected chi connectivity index (χ2v) is 4.45. The molecule has 1 saturated heterocycles. The largest absolute Gasteiger partial charge is 0.381 e. The van der Waals surface area contributed by atoms with Crippen LogP contribution in [0.1, 0.15) is 33.1 Å². The van der Waals surface area contributed by atoms with Gasteiger partial charge in [0.05, 0.1) is 6.07 Å². The molecule has 0 atom stereocenters. The Morgan fingerprint density at radius 1 is 1.53 bits per heavy atom. The molecule has 15 heavy (non-hydrogen) atoms.